The Balaban J connectivity index is 1.69. The van der Waals surface area contributed by atoms with E-state index in [2.05, 4.69) is 10.6 Å². The number of benzene rings is 3. The first-order valence-corrected chi connectivity index (χ1v) is 9.11. The standard InChI is InChI=1S/C23H20N2O5/c1-30-18-12-6-15(7-13-18)14-21(26)25-20-5-3-2-4-19(20)22(27)24-17-10-8-16(9-11-17)23(28)29/h2-13H,14H2,1H3,(H,24,27)(H,25,26)(H,28,29)/p-1. The van der Waals surface area contributed by atoms with Crippen LogP contribution in [0.5, 0.6) is 5.75 Å². The highest BCUT2D eigenvalue weighted by atomic mass is 16.5. The smallest absolute Gasteiger partial charge is 0.257 e. The molecule has 152 valence electrons. The Morgan fingerprint density at radius 3 is 2.17 bits per heavy atom. The van der Waals surface area contributed by atoms with Crippen molar-refractivity contribution in [3.63, 3.8) is 0 Å². The van der Waals surface area contributed by atoms with Crippen molar-refractivity contribution < 1.29 is 24.2 Å². The molecule has 7 heteroatoms. The van der Waals surface area contributed by atoms with Crippen LogP contribution in [0.15, 0.2) is 72.8 Å². The van der Waals surface area contributed by atoms with Gasteiger partial charge in [0, 0.05) is 5.69 Å². The molecule has 0 fully saturated rings. The van der Waals surface area contributed by atoms with Gasteiger partial charge in [0.2, 0.25) is 5.91 Å². The molecule has 0 saturated carbocycles. The van der Waals surface area contributed by atoms with Gasteiger partial charge in [-0.3, -0.25) is 9.59 Å². The van der Waals surface area contributed by atoms with Crippen molar-refractivity contribution in [1.82, 2.24) is 0 Å². The summed E-state index contributed by atoms with van der Waals surface area (Å²) >= 11 is 0. The van der Waals surface area contributed by atoms with E-state index in [0.717, 1.165) is 5.56 Å². The molecule has 0 atom stereocenters. The Morgan fingerprint density at radius 2 is 1.53 bits per heavy atom. The summed E-state index contributed by atoms with van der Waals surface area (Å²) in [6.07, 6.45) is 0.143. The van der Waals surface area contributed by atoms with Gasteiger partial charge >= 0.3 is 0 Å². The van der Waals surface area contributed by atoms with Crippen LogP contribution in [-0.2, 0) is 11.2 Å². The minimum absolute atomic E-state index is 0.0131. The normalized spacial score (nSPS) is 10.2. The number of para-hydroxylation sites is 1. The van der Waals surface area contributed by atoms with Gasteiger partial charge in [-0.25, -0.2) is 0 Å². The van der Waals surface area contributed by atoms with Crippen LogP contribution in [0.4, 0.5) is 11.4 Å². The molecule has 0 aromatic heterocycles. The fourth-order valence-electron chi connectivity index (χ4n) is 2.80. The predicted molar refractivity (Wildman–Crippen MR) is 110 cm³/mol. The van der Waals surface area contributed by atoms with E-state index in [4.69, 9.17) is 4.74 Å². The number of carbonyl (C=O) groups is 3. The molecule has 7 nitrogen and oxygen atoms in total. The number of rotatable bonds is 7. The van der Waals surface area contributed by atoms with Crippen LogP contribution in [0, 0.1) is 0 Å². The number of hydrogen-bond acceptors (Lipinski definition) is 5. The molecule has 2 N–H and O–H groups in total. The highest BCUT2D eigenvalue weighted by Gasteiger charge is 2.14. The number of carboxylic acid groups (broad SMARTS) is 1. The first-order chi connectivity index (χ1) is 14.5. The third-order valence-corrected chi connectivity index (χ3v) is 4.35. The molecular formula is C23H19N2O5-. The lowest BCUT2D eigenvalue weighted by atomic mass is 10.1. The molecule has 0 aliphatic rings. The van der Waals surface area contributed by atoms with Gasteiger partial charge in [0.15, 0.2) is 0 Å². The molecule has 0 radical (unpaired) electrons. The fraction of sp³-hybridized carbons (Fsp3) is 0.0870. The van der Waals surface area contributed by atoms with Crippen molar-refractivity contribution in [1.29, 1.82) is 0 Å². The summed E-state index contributed by atoms with van der Waals surface area (Å²) in [5.74, 6) is -1.29. The van der Waals surface area contributed by atoms with Crippen LogP contribution in [0.25, 0.3) is 0 Å². The van der Waals surface area contributed by atoms with Crippen LogP contribution in [0.3, 0.4) is 0 Å². The maximum absolute atomic E-state index is 12.7. The van der Waals surface area contributed by atoms with Crippen molar-refractivity contribution in [2.75, 3.05) is 17.7 Å². The second kappa shape index (κ2) is 9.38. The number of amides is 2. The van der Waals surface area contributed by atoms with Crippen LogP contribution in [0.1, 0.15) is 26.3 Å². The Kier molecular flexibility index (Phi) is 6.44. The number of carboxylic acids is 1. The van der Waals surface area contributed by atoms with Gasteiger partial charge in [-0.15, -0.1) is 0 Å². The lowest BCUT2D eigenvalue weighted by molar-refractivity contribution is -0.255. The van der Waals surface area contributed by atoms with Crippen molar-refractivity contribution in [2.45, 2.75) is 6.42 Å². The maximum atomic E-state index is 12.7. The highest BCUT2D eigenvalue weighted by molar-refractivity contribution is 6.10. The molecule has 2 amide bonds. The molecule has 0 heterocycles. The molecule has 0 aliphatic carbocycles. The summed E-state index contributed by atoms with van der Waals surface area (Å²) in [7, 11) is 1.57. The number of nitrogens with one attached hydrogen (secondary N) is 2. The van der Waals surface area contributed by atoms with E-state index in [9.17, 15) is 19.5 Å². The van der Waals surface area contributed by atoms with Crippen LogP contribution >= 0.6 is 0 Å². The topological polar surface area (TPSA) is 108 Å². The average Bonchev–Trinajstić information content (AvgIpc) is 2.75. The van der Waals surface area contributed by atoms with Gasteiger partial charge in [-0.05, 0) is 47.5 Å². The second-order valence-corrected chi connectivity index (χ2v) is 6.44. The van der Waals surface area contributed by atoms with E-state index in [-0.39, 0.29) is 23.5 Å². The quantitative estimate of drug-likeness (QED) is 0.630. The van der Waals surface area contributed by atoms with Crippen LogP contribution in [-0.4, -0.2) is 24.9 Å². The van der Waals surface area contributed by atoms with E-state index >= 15 is 0 Å². The van der Waals surface area contributed by atoms with Crippen molar-refractivity contribution in [3.8, 4) is 5.75 Å². The molecule has 0 bridgehead atoms. The first kappa shape index (κ1) is 20.6. The van der Waals surface area contributed by atoms with Gasteiger partial charge in [0.05, 0.1) is 30.8 Å². The van der Waals surface area contributed by atoms with Gasteiger partial charge < -0.3 is 25.3 Å². The molecule has 3 aromatic rings. The zero-order chi connectivity index (χ0) is 21.5. The maximum Gasteiger partial charge on any atom is 0.257 e. The summed E-state index contributed by atoms with van der Waals surface area (Å²) in [6, 6.07) is 19.4. The lowest BCUT2D eigenvalue weighted by Gasteiger charge is -2.12. The zero-order valence-corrected chi connectivity index (χ0v) is 16.2. The van der Waals surface area contributed by atoms with Gasteiger partial charge in [-0.2, -0.15) is 0 Å². The third-order valence-electron chi connectivity index (χ3n) is 4.35. The first-order valence-electron chi connectivity index (χ1n) is 9.11. The average molecular weight is 403 g/mol. The Morgan fingerprint density at radius 1 is 0.867 bits per heavy atom. The highest BCUT2D eigenvalue weighted by Crippen LogP contribution is 2.19. The van der Waals surface area contributed by atoms with E-state index in [1.807, 2.05) is 0 Å². The second-order valence-electron chi connectivity index (χ2n) is 6.44. The number of methoxy groups -OCH3 is 1. The van der Waals surface area contributed by atoms with E-state index in [1.54, 1.807) is 55.6 Å². The lowest BCUT2D eigenvalue weighted by Crippen LogP contribution is -2.22. The third kappa shape index (κ3) is 5.23. The molecular weight excluding hydrogens is 384 g/mol. The summed E-state index contributed by atoms with van der Waals surface area (Å²) in [4.78, 5) is 35.9. The molecule has 30 heavy (non-hydrogen) atoms. The van der Waals surface area contributed by atoms with Gasteiger partial charge in [0.1, 0.15) is 5.75 Å². The van der Waals surface area contributed by atoms with Crippen molar-refractivity contribution in [2.24, 2.45) is 0 Å². The fourth-order valence-corrected chi connectivity index (χ4v) is 2.80. The summed E-state index contributed by atoms with van der Waals surface area (Å²) in [5.41, 5.74) is 1.90. The summed E-state index contributed by atoms with van der Waals surface area (Å²) in [6.45, 7) is 0. The number of ether oxygens (including phenoxy) is 1. The van der Waals surface area contributed by atoms with Crippen molar-refractivity contribution in [3.05, 3.63) is 89.5 Å². The Labute approximate surface area is 173 Å². The monoisotopic (exact) mass is 403 g/mol. The molecule has 3 aromatic carbocycles. The van der Waals surface area contributed by atoms with Crippen molar-refractivity contribution >= 4 is 29.2 Å². The van der Waals surface area contributed by atoms with Crippen LogP contribution < -0.4 is 20.5 Å². The molecule has 0 unspecified atom stereocenters. The SMILES string of the molecule is COc1ccc(CC(=O)Nc2ccccc2C(=O)Nc2ccc(C(=O)[O-])cc2)cc1. The summed E-state index contributed by atoms with van der Waals surface area (Å²) in [5, 5.41) is 16.3. The molecule has 0 saturated heterocycles. The number of carbonyl (C=O) groups excluding carboxylic acids is 3. The molecule has 3 rings (SSSR count). The van der Waals surface area contributed by atoms with Gasteiger partial charge in [-0.1, -0.05) is 36.4 Å². The number of hydrogen-bond donors (Lipinski definition) is 2. The largest absolute Gasteiger partial charge is 0.545 e. The summed E-state index contributed by atoms with van der Waals surface area (Å²) < 4.78 is 5.10. The minimum Gasteiger partial charge on any atom is -0.545 e. The van der Waals surface area contributed by atoms with E-state index in [1.165, 1.54) is 24.3 Å². The van der Waals surface area contributed by atoms with Crippen LogP contribution in [0.2, 0.25) is 0 Å². The van der Waals surface area contributed by atoms with E-state index < -0.39 is 11.9 Å². The minimum atomic E-state index is -1.29. The predicted octanol–water partition coefficient (Wildman–Crippen LogP) is 2.49. The Bertz CT molecular complexity index is 1060. The number of aromatic carboxylic acids is 1. The zero-order valence-electron chi connectivity index (χ0n) is 16.2. The van der Waals surface area contributed by atoms with Gasteiger partial charge in [0.25, 0.3) is 5.91 Å². The molecule has 0 spiro atoms. The molecule has 0 aliphatic heterocycles. The number of anilines is 2. The van der Waals surface area contributed by atoms with E-state index in [0.29, 0.717) is 17.1 Å². The Hall–Kier alpha value is -4.13.